The molecule has 0 saturated heterocycles. The molecule has 2 heterocycles. The molecule has 0 fully saturated rings. The molecule has 8 nitrogen and oxygen atoms in total. The van der Waals surface area contributed by atoms with Gasteiger partial charge in [-0.25, -0.2) is 23.5 Å². The molecule has 0 spiro atoms. The lowest BCUT2D eigenvalue weighted by Gasteiger charge is -2.18. The maximum absolute atomic E-state index is 12.6. The molecule has 5 rings (SSSR count). The third kappa shape index (κ3) is 4.34. The number of imidazole rings is 1. The molecule has 0 bridgehead atoms. The van der Waals surface area contributed by atoms with Gasteiger partial charge in [0.15, 0.2) is 5.82 Å². The Labute approximate surface area is 206 Å². The number of sulfonamides is 1. The van der Waals surface area contributed by atoms with Crippen LogP contribution in [-0.4, -0.2) is 37.0 Å². The molecule has 0 amide bonds. The van der Waals surface area contributed by atoms with Crippen LogP contribution in [0.15, 0.2) is 41.6 Å². The zero-order valence-corrected chi connectivity index (χ0v) is 21.1. The van der Waals surface area contributed by atoms with E-state index in [1.807, 2.05) is 55.7 Å². The van der Waals surface area contributed by atoms with Crippen LogP contribution in [0.1, 0.15) is 42.5 Å². The van der Waals surface area contributed by atoms with Crippen molar-refractivity contribution in [2.24, 2.45) is 5.14 Å². The summed E-state index contributed by atoms with van der Waals surface area (Å²) in [4.78, 5) is 11.4. The fourth-order valence-electron chi connectivity index (χ4n) is 5.40. The van der Waals surface area contributed by atoms with Crippen LogP contribution < -0.4 is 15.8 Å². The monoisotopic (exact) mass is 492 g/mol. The SMILES string of the molecule is CN(C)c1cccc2c(S(N)(=O)=O)c(CCCCn3cnc4c(N)nc5c(c43)CCCC5)ccc12. The van der Waals surface area contributed by atoms with Gasteiger partial charge in [-0.2, -0.15) is 0 Å². The Kier molecular flexibility index (Phi) is 6.14. The minimum absolute atomic E-state index is 0.236. The van der Waals surface area contributed by atoms with Gasteiger partial charge in [-0.15, -0.1) is 0 Å². The number of benzene rings is 2. The highest BCUT2D eigenvalue weighted by atomic mass is 32.2. The van der Waals surface area contributed by atoms with Crippen molar-refractivity contribution in [3.63, 3.8) is 0 Å². The fourth-order valence-corrected chi connectivity index (χ4v) is 6.42. The maximum Gasteiger partial charge on any atom is 0.238 e. The first-order valence-electron chi connectivity index (χ1n) is 12.1. The minimum atomic E-state index is -3.88. The van der Waals surface area contributed by atoms with Crippen LogP contribution in [0.4, 0.5) is 11.5 Å². The van der Waals surface area contributed by atoms with Gasteiger partial charge >= 0.3 is 0 Å². The quantitative estimate of drug-likeness (QED) is 0.379. The van der Waals surface area contributed by atoms with Crippen molar-refractivity contribution in [3.05, 3.63) is 53.5 Å². The summed E-state index contributed by atoms with van der Waals surface area (Å²) in [5.41, 5.74) is 12.2. The lowest BCUT2D eigenvalue weighted by Crippen LogP contribution is -2.16. The number of fused-ring (bicyclic) bond motifs is 4. The number of anilines is 2. The number of aromatic nitrogens is 3. The maximum atomic E-state index is 12.6. The van der Waals surface area contributed by atoms with E-state index in [1.165, 1.54) is 5.56 Å². The minimum Gasteiger partial charge on any atom is -0.382 e. The average Bonchev–Trinajstić information content (AvgIpc) is 3.25. The molecule has 2 aromatic carbocycles. The highest BCUT2D eigenvalue weighted by molar-refractivity contribution is 7.89. The van der Waals surface area contributed by atoms with E-state index >= 15 is 0 Å². The number of hydrogen-bond acceptors (Lipinski definition) is 6. The second-order valence-corrected chi connectivity index (χ2v) is 11.1. The van der Waals surface area contributed by atoms with Gasteiger partial charge < -0.3 is 15.2 Å². The van der Waals surface area contributed by atoms with E-state index < -0.39 is 10.0 Å². The van der Waals surface area contributed by atoms with Crippen LogP contribution in [0.3, 0.4) is 0 Å². The van der Waals surface area contributed by atoms with Crippen molar-refractivity contribution in [1.82, 2.24) is 14.5 Å². The lowest BCUT2D eigenvalue weighted by atomic mass is 9.95. The van der Waals surface area contributed by atoms with E-state index in [2.05, 4.69) is 14.5 Å². The predicted molar refractivity (Wildman–Crippen MR) is 141 cm³/mol. The standard InChI is InChI=1S/C26H32N6O2S/c1-31(2)22-12-7-10-19-18(22)14-13-17(25(19)35(28,33)34)8-5-6-15-32-16-29-23-24(32)20-9-3-4-11-21(20)30-26(23)27/h7,10,12-14,16H,3-6,8-9,11,15H2,1-2H3,(H2,27,30)(H2,28,33,34). The smallest absolute Gasteiger partial charge is 0.238 e. The van der Waals surface area contributed by atoms with Gasteiger partial charge in [-0.3, -0.25) is 0 Å². The Morgan fingerprint density at radius 1 is 1.06 bits per heavy atom. The molecule has 0 unspecified atom stereocenters. The van der Waals surface area contributed by atoms with Crippen LogP contribution in [0, 0.1) is 0 Å². The second kappa shape index (κ2) is 9.13. The summed E-state index contributed by atoms with van der Waals surface area (Å²) in [6.45, 7) is 0.787. The molecule has 0 radical (unpaired) electrons. The Hall–Kier alpha value is -3.17. The first kappa shape index (κ1) is 23.6. The number of nitrogen functional groups attached to an aromatic ring is 1. The normalized spacial score (nSPS) is 13.9. The second-order valence-electron chi connectivity index (χ2n) is 9.59. The first-order chi connectivity index (χ1) is 16.8. The predicted octanol–water partition coefficient (Wildman–Crippen LogP) is 3.78. The first-order valence-corrected chi connectivity index (χ1v) is 13.7. The van der Waals surface area contributed by atoms with Crippen molar-refractivity contribution in [2.45, 2.75) is 56.4 Å². The number of nitrogens with two attached hydrogens (primary N) is 2. The highest BCUT2D eigenvalue weighted by Gasteiger charge is 2.21. The van der Waals surface area contributed by atoms with Gasteiger partial charge in [0.25, 0.3) is 0 Å². The largest absolute Gasteiger partial charge is 0.382 e. The Morgan fingerprint density at radius 3 is 2.63 bits per heavy atom. The molecule has 0 atom stereocenters. The third-order valence-electron chi connectivity index (χ3n) is 6.99. The van der Waals surface area contributed by atoms with Crippen molar-refractivity contribution >= 4 is 43.3 Å². The topological polar surface area (TPSA) is 120 Å². The number of aryl methyl sites for hydroxylation is 4. The average molecular weight is 493 g/mol. The molecule has 4 aromatic rings. The van der Waals surface area contributed by atoms with Crippen LogP contribution in [0.25, 0.3) is 21.8 Å². The van der Waals surface area contributed by atoms with Gasteiger partial charge in [0, 0.05) is 42.8 Å². The van der Waals surface area contributed by atoms with Gasteiger partial charge in [0.05, 0.1) is 16.7 Å². The summed E-state index contributed by atoms with van der Waals surface area (Å²) in [5.74, 6) is 0.505. The van der Waals surface area contributed by atoms with E-state index in [0.29, 0.717) is 17.6 Å². The molecule has 4 N–H and O–H groups in total. The molecule has 0 saturated carbocycles. The van der Waals surface area contributed by atoms with E-state index in [-0.39, 0.29) is 4.90 Å². The summed E-state index contributed by atoms with van der Waals surface area (Å²) in [5, 5.41) is 7.25. The zero-order chi connectivity index (χ0) is 24.7. The number of nitrogens with zero attached hydrogens (tertiary/aromatic N) is 4. The molecule has 35 heavy (non-hydrogen) atoms. The highest BCUT2D eigenvalue weighted by Crippen LogP contribution is 2.33. The Bertz CT molecular complexity index is 1520. The summed E-state index contributed by atoms with van der Waals surface area (Å²) < 4.78 is 27.4. The molecule has 1 aliphatic rings. The summed E-state index contributed by atoms with van der Waals surface area (Å²) in [7, 11) is 0.00743. The number of primary sulfonamides is 1. The third-order valence-corrected chi connectivity index (χ3v) is 8.04. The molecule has 0 aliphatic heterocycles. The molecule has 9 heteroatoms. The van der Waals surface area contributed by atoms with E-state index in [1.54, 1.807) is 0 Å². The van der Waals surface area contributed by atoms with E-state index in [9.17, 15) is 8.42 Å². The zero-order valence-electron chi connectivity index (χ0n) is 20.3. The Morgan fingerprint density at radius 2 is 1.86 bits per heavy atom. The molecule has 1 aliphatic carbocycles. The van der Waals surface area contributed by atoms with Crippen molar-refractivity contribution in [3.8, 4) is 0 Å². The molecular formula is C26H32N6O2S. The molecule has 184 valence electrons. The van der Waals surface area contributed by atoms with Crippen molar-refractivity contribution in [1.29, 1.82) is 0 Å². The van der Waals surface area contributed by atoms with Crippen molar-refractivity contribution < 1.29 is 8.42 Å². The number of rotatable bonds is 7. The molecular weight excluding hydrogens is 460 g/mol. The Balaban J connectivity index is 1.39. The van der Waals surface area contributed by atoms with Crippen LogP contribution in [0.2, 0.25) is 0 Å². The van der Waals surface area contributed by atoms with E-state index in [4.69, 9.17) is 10.9 Å². The van der Waals surface area contributed by atoms with Gasteiger partial charge in [0.2, 0.25) is 10.0 Å². The van der Waals surface area contributed by atoms with Crippen LogP contribution in [-0.2, 0) is 35.8 Å². The number of pyridine rings is 1. The van der Waals surface area contributed by atoms with Crippen molar-refractivity contribution in [2.75, 3.05) is 24.7 Å². The summed E-state index contributed by atoms with van der Waals surface area (Å²) in [6.07, 6.45) is 8.46. The fraction of sp³-hybridized carbons (Fsp3) is 0.385. The summed E-state index contributed by atoms with van der Waals surface area (Å²) in [6, 6.07) is 9.60. The number of hydrogen-bond donors (Lipinski definition) is 2. The van der Waals surface area contributed by atoms with Crippen LogP contribution >= 0.6 is 0 Å². The van der Waals surface area contributed by atoms with Crippen LogP contribution in [0.5, 0.6) is 0 Å². The summed E-state index contributed by atoms with van der Waals surface area (Å²) >= 11 is 0. The van der Waals surface area contributed by atoms with Gasteiger partial charge in [-0.1, -0.05) is 24.3 Å². The van der Waals surface area contributed by atoms with E-state index in [0.717, 1.165) is 78.4 Å². The molecule has 2 aromatic heterocycles. The van der Waals surface area contributed by atoms with Gasteiger partial charge in [-0.05, 0) is 62.1 Å². The lowest BCUT2D eigenvalue weighted by molar-refractivity contribution is 0.594. The number of unbranched alkanes of at least 4 members (excludes halogenated alkanes) is 1. The van der Waals surface area contributed by atoms with Gasteiger partial charge in [0.1, 0.15) is 5.52 Å².